The molecule has 0 N–H and O–H groups in total. The lowest BCUT2D eigenvalue weighted by molar-refractivity contribution is -0.142. The largest absolute Gasteiger partial charge is 0.469 e. The van der Waals surface area contributed by atoms with E-state index in [1.165, 1.54) is 13.2 Å². The van der Waals surface area contributed by atoms with Gasteiger partial charge in [-0.2, -0.15) is 0 Å². The molecule has 16 heavy (non-hydrogen) atoms. The second kappa shape index (κ2) is 4.95. The van der Waals surface area contributed by atoms with Gasteiger partial charge in [-0.3, -0.25) is 4.79 Å². The van der Waals surface area contributed by atoms with Gasteiger partial charge in [0.25, 0.3) is 0 Å². The molecule has 0 aliphatic carbocycles. The number of hydrogen-bond donors (Lipinski definition) is 0. The van der Waals surface area contributed by atoms with Crippen LogP contribution in [0, 0.1) is 19.7 Å². The van der Waals surface area contributed by atoms with Gasteiger partial charge >= 0.3 is 5.97 Å². The van der Waals surface area contributed by atoms with E-state index in [1.54, 1.807) is 13.8 Å². The number of carbonyl (C=O) groups is 1. The van der Waals surface area contributed by atoms with E-state index in [2.05, 4.69) is 20.7 Å². The molecule has 4 heteroatoms. The molecule has 88 valence electrons. The minimum atomic E-state index is -0.586. The van der Waals surface area contributed by atoms with Crippen molar-refractivity contribution in [3.8, 4) is 0 Å². The Kier molecular flexibility index (Phi) is 4.08. The van der Waals surface area contributed by atoms with Gasteiger partial charge < -0.3 is 4.74 Å². The van der Waals surface area contributed by atoms with E-state index in [0.717, 1.165) is 11.1 Å². The lowest BCUT2D eigenvalue weighted by atomic mass is 9.93. The fourth-order valence-corrected chi connectivity index (χ4v) is 2.18. The first-order valence-electron chi connectivity index (χ1n) is 4.93. The van der Waals surface area contributed by atoms with Crippen molar-refractivity contribution in [3.05, 3.63) is 33.0 Å². The highest BCUT2D eigenvalue weighted by Crippen LogP contribution is 2.30. The molecule has 0 aromatic heterocycles. The van der Waals surface area contributed by atoms with Gasteiger partial charge in [-0.15, -0.1) is 0 Å². The smallest absolute Gasteiger partial charge is 0.312 e. The van der Waals surface area contributed by atoms with Gasteiger partial charge in [0, 0.05) is 10.0 Å². The maximum absolute atomic E-state index is 13.8. The summed E-state index contributed by atoms with van der Waals surface area (Å²) in [6.07, 6.45) is 0. The topological polar surface area (TPSA) is 26.3 Å². The van der Waals surface area contributed by atoms with Crippen LogP contribution in [0.5, 0.6) is 0 Å². The summed E-state index contributed by atoms with van der Waals surface area (Å²) in [5, 5.41) is 0. The van der Waals surface area contributed by atoms with Crippen LogP contribution < -0.4 is 0 Å². The molecule has 1 aromatic rings. The Morgan fingerprint density at radius 3 is 2.50 bits per heavy atom. The Balaban J connectivity index is 3.34. The van der Waals surface area contributed by atoms with Crippen LogP contribution in [0.3, 0.4) is 0 Å². The molecule has 1 atom stereocenters. The first-order chi connectivity index (χ1) is 7.40. The summed E-state index contributed by atoms with van der Waals surface area (Å²) in [6, 6.07) is 1.39. The average Bonchev–Trinajstić information content (AvgIpc) is 2.24. The van der Waals surface area contributed by atoms with Crippen molar-refractivity contribution in [1.29, 1.82) is 0 Å². The summed E-state index contributed by atoms with van der Waals surface area (Å²) in [6.45, 7) is 5.33. The molecule has 2 nitrogen and oxygen atoms in total. The average molecular weight is 289 g/mol. The number of rotatable bonds is 2. The number of hydrogen-bond acceptors (Lipinski definition) is 2. The van der Waals surface area contributed by atoms with Crippen LogP contribution in [0.2, 0.25) is 0 Å². The molecule has 0 aliphatic heterocycles. The van der Waals surface area contributed by atoms with Crippen LogP contribution in [0.4, 0.5) is 4.39 Å². The Labute approximate surface area is 103 Å². The van der Waals surface area contributed by atoms with Crippen LogP contribution in [-0.2, 0) is 9.53 Å². The van der Waals surface area contributed by atoms with E-state index in [1.807, 2.05) is 6.92 Å². The van der Waals surface area contributed by atoms with Gasteiger partial charge in [-0.05, 0) is 38.0 Å². The third kappa shape index (κ3) is 2.26. The maximum atomic E-state index is 13.8. The van der Waals surface area contributed by atoms with Crippen LogP contribution in [0.1, 0.15) is 29.5 Å². The molecule has 0 aliphatic rings. The van der Waals surface area contributed by atoms with E-state index in [4.69, 9.17) is 0 Å². The van der Waals surface area contributed by atoms with Crippen LogP contribution in [-0.4, -0.2) is 13.1 Å². The maximum Gasteiger partial charge on any atom is 0.312 e. The highest BCUT2D eigenvalue weighted by atomic mass is 79.9. The molecular weight excluding hydrogens is 275 g/mol. The molecule has 0 saturated heterocycles. The molecule has 0 fully saturated rings. The summed E-state index contributed by atoms with van der Waals surface area (Å²) < 4.78 is 19.1. The van der Waals surface area contributed by atoms with E-state index in [9.17, 15) is 9.18 Å². The van der Waals surface area contributed by atoms with Gasteiger partial charge in [-0.1, -0.05) is 15.9 Å². The molecule has 1 rings (SSSR count). The van der Waals surface area contributed by atoms with Crippen LogP contribution in [0.25, 0.3) is 0 Å². The zero-order valence-electron chi connectivity index (χ0n) is 9.73. The van der Waals surface area contributed by atoms with E-state index in [0.29, 0.717) is 10.0 Å². The molecule has 0 bridgehead atoms. The summed E-state index contributed by atoms with van der Waals surface area (Å²) >= 11 is 3.28. The molecule has 0 radical (unpaired) electrons. The van der Waals surface area contributed by atoms with Gasteiger partial charge in [0.1, 0.15) is 5.82 Å². The summed E-state index contributed by atoms with van der Waals surface area (Å²) in [5.41, 5.74) is 2.13. The van der Waals surface area contributed by atoms with Crippen molar-refractivity contribution >= 4 is 21.9 Å². The fraction of sp³-hybridized carbons (Fsp3) is 0.417. The zero-order chi connectivity index (χ0) is 12.5. The molecule has 0 spiro atoms. The Morgan fingerprint density at radius 2 is 2.00 bits per heavy atom. The van der Waals surface area contributed by atoms with Gasteiger partial charge in [0.05, 0.1) is 13.0 Å². The number of esters is 1. The predicted molar refractivity (Wildman–Crippen MR) is 64.0 cm³/mol. The lowest BCUT2D eigenvalue weighted by Gasteiger charge is -2.16. The SMILES string of the molecule is COC(=O)C(C)c1c(F)cc(Br)c(C)c1C. The standard InChI is InChI=1S/C12H14BrFO2/c1-6-7(2)11(8(3)12(15)16-4)10(14)5-9(6)13/h5,8H,1-4H3. The van der Waals surface area contributed by atoms with Crippen molar-refractivity contribution in [2.45, 2.75) is 26.7 Å². The minimum absolute atomic E-state index is 0.382. The van der Waals surface area contributed by atoms with Crippen molar-refractivity contribution in [3.63, 3.8) is 0 Å². The van der Waals surface area contributed by atoms with Gasteiger partial charge in [-0.25, -0.2) is 4.39 Å². The number of benzene rings is 1. The molecule has 0 amide bonds. The van der Waals surface area contributed by atoms with E-state index >= 15 is 0 Å². The molecular formula is C12H14BrFO2. The first kappa shape index (κ1) is 13.2. The quantitative estimate of drug-likeness (QED) is 0.779. The lowest BCUT2D eigenvalue weighted by Crippen LogP contribution is -2.14. The van der Waals surface area contributed by atoms with E-state index in [-0.39, 0.29) is 5.82 Å². The van der Waals surface area contributed by atoms with Crippen molar-refractivity contribution in [1.82, 2.24) is 0 Å². The number of carbonyl (C=O) groups excluding carboxylic acids is 1. The molecule has 0 saturated carbocycles. The summed E-state index contributed by atoms with van der Waals surface area (Å²) in [5.74, 6) is -1.40. The second-order valence-corrected chi connectivity index (χ2v) is 4.60. The summed E-state index contributed by atoms with van der Waals surface area (Å²) in [7, 11) is 1.30. The highest BCUT2D eigenvalue weighted by Gasteiger charge is 2.23. The number of methoxy groups -OCH3 is 1. The fourth-order valence-electron chi connectivity index (χ4n) is 1.68. The normalized spacial score (nSPS) is 12.4. The molecule has 1 aromatic carbocycles. The number of halogens is 2. The van der Waals surface area contributed by atoms with Crippen molar-refractivity contribution in [2.75, 3.05) is 7.11 Å². The van der Waals surface area contributed by atoms with E-state index < -0.39 is 11.9 Å². The predicted octanol–water partition coefficient (Wildman–Crippen LogP) is 3.48. The highest BCUT2D eigenvalue weighted by molar-refractivity contribution is 9.10. The van der Waals surface area contributed by atoms with Crippen LogP contribution >= 0.6 is 15.9 Å². The third-order valence-electron chi connectivity index (χ3n) is 2.82. The summed E-state index contributed by atoms with van der Waals surface area (Å²) in [4.78, 5) is 11.4. The second-order valence-electron chi connectivity index (χ2n) is 3.75. The first-order valence-corrected chi connectivity index (χ1v) is 5.72. The van der Waals surface area contributed by atoms with Gasteiger partial charge in [0.2, 0.25) is 0 Å². The zero-order valence-corrected chi connectivity index (χ0v) is 11.3. The van der Waals surface area contributed by atoms with Crippen molar-refractivity contribution in [2.24, 2.45) is 0 Å². The van der Waals surface area contributed by atoms with Crippen LogP contribution in [0.15, 0.2) is 10.5 Å². The minimum Gasteiger partial charge on any atom is -0.469 e. The van der Waals surface area contributed by atoms with Crippen molar-refractivity contribution < 1.29 is 13.9 Å². The van der Waals surface area contributed by atoms with Gasteiger partial charge in [0.15, 0.2) is 0 Å². The monoisotopic (exact) mass is 288 g/mol. The molecule has 0 heterocycles. The third-order valence-corrected chi connectivity index (χ3v) is 3.65. The Morgan fingerprint density at radius 1 is 1.44 bits per heavy atom. The molecule has 1 unspecified atom stereocenters. The Bertz CT molecular complexity index is 430. The number of ether oxygens (including phenoxy) is 1. The Hall–Kier alpha value is -0.900.